The van der Waals surface area contributed by atoms with Crippen LogP contribution in [0.2, 0.25) is 0 Å². The molecule has 1 heterocycles. The van der Waals surface area contributed by atoms with E-state index in [-0.39, 0.29) is 18.1 Å². The first-order valence-electron chi connectivity index (χ1n) is 6.44. The summed E-state index contributed by atoms with van der Waals surface area (Å²) < 4.78 is 31.7. The summed E-state index contributed by atoms with van der Waals surface area (Å²) in [4.78, 5) is 12.3. The average Bonchev–Trinajstić information content (AvgIpc) is 2.70. The van der Waals surface area contributed by atoms with Gasteiger partial charge in [-0.3, -0.25) is 4.79 Å². The molecule has 1 fully saturated rings. The number of nitrogens with two attached hydrogens (primary N) is 1. The Balaban J connectivity index is 2.11. The second-order valence-corrected chi connectivity index (χ2v) is 5.40. The molecule has 4 nitrogen and oxygen atoms in total. The molecule has 1 aliphatic rings. The highest BCUT2D eigenvalue weighted by Gasteiger charge is 2.44. The van der Waals surface area contributed by atoms with Crippen molar-refractivity contribution in [2.45, 2.75) is 25.9 Å². The van der Waals surface area contributed by atoms with Gasteiger partial charge in [-0.05, 0) is 19.9 Å². The molecular weight excluding hydrogens is 266 g/mol. The van der Waals surface area contributed by atoms with Gasteiger partial charge < -0.3 is 15.8 Å². The first kappa shape index (κ1) is 14.9. The lowest BCUT2D eigenvalue weighted by Gasteiger charge is -2.27. The van der Waals surface area contributed by atoms with E-state index in [1.54, 1.807) is 13.8 Å². The molecule has 2 rings (SSSR count). The van der Waals surface area contributed by atoms with Gasteiger partial charge in [0, 0.05) is 17.7 Å². The number of carbonyl (C=O) groups excluding carboxylic acids is 1. The molecule has 1 aliphatic heterocycles. The standard InChI is InChI=1S/C14H18F2N2O2/c1-8(10-4-3-9(15)5-11(10)16)18-13(19)14(2)7-20-6-12(14)17/h3-5,8,12H,6-7,17H2,1-2H3,(H,18,19). The Hall–Kier alpha value is -1.53. The van der Waals surface area contributed by atoms with Crippen LogP contribution in [0.5, 0.6) is 0 Å². The van der Waals surface area contributed by atoms with Crippen LogP contribution in [0.4, 0.5) is 8.78 Å². The molecule has 1 aromatic rings. The van der Waals surface area contributed by atoms with Gasteiger partial charge in [0.25, 0.3) is 0 Å². The number of carbonyl (C=O) groups is 1. The minimum Gasteiger partial charge on any atom is -0.379 e. The summed E-state index contributed by atoms with van der Waals surface area (Å²) in [5, 5.41) is 2.71. The lowest BCUT2D eigenvalue weighted by atomic mass is 9.84. The summed E-state index contributed by atoms with van der Waals surface area (Å²) in [5.74, 6) is -1.63. The summed E-state index contributed by atoms with van der Waals surface area (Å²) >= 11 is 0. The number of ether oxygens (including phenoxy) is 1. The minimum absolute atomic E-state index is 0.232. The van der Waals surface area contributed by atoms with E-state index in [9.17, 15) is 13.6 Å². The maximum Gasteiger partial charge on any atom is 0.230 e. The van der Waals surface area contributed by atoms with Crippen molar-refractivity contribution in [3.8, 4) is 0 Å². The number of hydrogen-bond acceptors (Lipinski definition) is 3. The maximum atomic E-state index is 13.7. The Morgan fingerprint density at radius 1 is 1.55 bits per heavy atom. The fourth-order valence-corrected chi connectivity index (χ4v) is 2.21. The molecule has 110 valence electrons. The van der Waals surface area contributed by atoms with Crippen LogP contribution >= 0.6 is 0 Å². The van der Waals surface area contributed by atoms with Crippen molar-refractivity contribution in [1.82, 2.24) is 5.32 Å². The number of rotatable bonds is 3. The molecule has 20 heavy (non-hydrogen) atoms. The second-order valence-electron chi connectivity index (χ2n) is 5.40. The van der Waals surface area contributed by atoms with Crippen molar-refractivity contribution in [3.63, 3.8) is 0 Å². The van der Waals surface area contributed by atoms with Crippen LogP contribution in [-0.2, 0) is 9.53 Å². The van der Waals surface area contributed by atoms with Gasteiger partial charge >= 0.3 is 0 Å². The van der Waals surface area contributed by atoms with Crippen molar-refractivity contribution >= 4 is 5.91 Å². The molecule has 0 aromatic heterocycles. The molecular formula is C14H18F2N2O2. The van der Waals surface area contributed by atoms with E-state index in [1.165, 1.54) is 6.07 Å². The van der Waals surface area contributed by atoms with Crippen molar-refractivity contribution in [2.24, 2.45) is 11.1 Å². The molecule has 1 amide bonds. The van der Waals surface area contributed by atoms with Crippen LogP contribution in [0.1, 0.15) is 25.5 Å². The van der Waals surface area contributed by atoms with Crippen molar-refractivity contribution in [3.05, 3.63) is 35.4 Å². The van der Waals surface area contributed by atoms with Crippen LogP contribution in [0.25, 0.3) is 0 Å². The van der Waals surface area contributed by atoms with E-state index in [2.05, 4.69) is 5.32 Å². The van der Waals surface area contributed by atoms with Gasteiger partial charge in [0.1, 0.15) is 11.6 Å². The van der Waals surface area contributed by atoms with E-state index in [1.807, 2.05) is 0 Å². The van der Waals surface area contributed by atoms with Crippen molar-refractivity contribution in [1.29, 1.82) is 0 Å². The number of benzene rings is 1. The molecule has 0 spiro atoms. The minimum atomic E-state index is -0.829. The first-order valence-corrected chi connectivity index (χ1v) is 6.44. The fourth-order valence-electron chi connectivity index (χ4n) is 2.21. The smallest absolute Gasteiger partial charge is 0.230 e. The number of hydrogen-bond donors (Lipinski definition) is 2. The van der Waals surface area contributed by atoms with Gasteiger partial charge in [0.05, 0.1) is 24.7 Å². The SMILES string of the molecule is CC(NC(=O)C1(C)COCC1N)c1ccc(F)cc1F. The largest absolute Gasteiger partial charge is 0.379 e. The van der Waals surface area contributed by atoms with Crippen LogP contribution < -0.4 is 11.1 Å². The predicted molar refractivity (Wildman–Crippen MR) is 69.8 cm³/mol. The average molecular weight is 284 g/mol. The Morgan fingerprint density at radius 2 is 2.25 bits per heavy atom. The van der Waals surface area contributed by atoms with Crippen molar-refractivity contribution < 1.29 is 18.3 Å². The normalized spacial score (nSPS) is 27.4. The lowest BCUT2D eigenvalue weighted by Crippen LogP contribution is -2.50. The summed E-state index contributed by atoms with van der Waals surface area (Å²) in [6.45, 7) is 3.91. The molecule has 1 saturated heterocycles. The molecule has 0 saturated carbocycles. The van der Waals surface area contributed by atoms with Gasteiger partial charge in [0.2, 0.25) is 5.91 Å². The Labute approximate surface area is 116 Å². The molecule has 3 atom stereocenters. The van der Waals surface area contributed by atoms with Gasteiger partial charge in [-0.15, -0.1) is 0 Å². The molecule has 3 N–H and O–H groups in total. The second kappa shape index (κ2) is 5.46. The molecule has 0 aliphatic carbocycles. The lowest BCUT2D eigenvalue weighted by molar-refractivity contribution is -0.131. The van der Waals surface area contributed by atoms with Crippen LogP contribution in [-0.4, -0.2) is 25.2 Å². The van der Waals surface area contributed by atoms with Crippen molar-refractivity contribution in [2.75, 3.05) is 13.2 Å². The predicted octanol–water partition coefficient (Wildman–Crippen LogP) is 1.51. The zero-order valence-corrected chi connectivity index (χ0v) is 11.5. The highest BCUT2D eigenvalue weighted by Crippen LogP contribution is 2.28. The van der Waals surface area contributed by atoms with Crippen LogP contribution in [0.15, 0.2) is 18.2 Å². The summed E-state index contributed by atoms with van der Waals surface area (Å²) in [6.07, 6.45) is 0. The van der Waals surface area contributed by atoms with E-state index in [4.69, 9.17) is 10.5 Å². The fraction of sp³-hybridized carbons (Fsp3) is 0.500. The summed E-state index contributed by atoms with van der Waals surface area (Å²) in [6, 6.07) is 2.31. The van der Waals surface area contributed by atoms with E-state index in [0.717, 1.165) is 12.1 Å². The zero-order valence-electron chi connectivity index (χ0n) is 11.5. The first-order chi connectivity index (χ1) is 9.34. The third-order valence-electron chi connectivity index (χ3n) is 3.81. The summed E-state index contributed by atoms with van der Waals surface area (Å²) in [5.41, 5.74) is 5.27. The quantitative estimate of drug-likeness (QED) is 0.884. The molecule has 3 unspecified atom stereocenters. The topological polar surface area (TPSA) is 64.3 Å². The zero-order chi connectivity index (χ0) is 14.9. The Morgan fingerprint density at radius 3 is 2.80 bits per heavy atom. The maximum absolute atomic E-state index is 13.7. The van der Waals surface area contributed by atoms with Gasteiger partial charge in [-0.25, -0.2) is 8.78 Å². The molecule has 0 bridgehead atoms. The number of amides is 1. The van der Waals surface area contributed by atoms with Gasteiger partial charge in [-0.2, -0.15) is 0 Å². The van der Waals surface area contributed by atoms with E-state index < -0.39 is 29.1 Å². The van der Waals surface area contributed by atoms with Gasteiger partial charge in [-0.1, -0.05) is 6.07 Å². The summed E-state index contributed by atoms with van der Waals surface area (Å²) in [7, 11) is 0. The third-order valence-corrected chi connectivity index (χ3v) is 3.81. The third kappa shape index (κ3) is 2.66. The molecule has 1 aromatic carbocycles. The Bertz CT molecular complexity index is 524. The molecule has 0 radical (unpaired) electrons. The Kier molecular flexibility index (Phi) is 4.06. The highest BCUT2D eigenvalue weighted by atomic mass is 19.1. The number of nitrogens with one attached hydrogen (secondary N) is 1. The van der Waals surface area contributed by atoms with Crippen LogP contribution in [0.3, 0.4) is 0 Å². The highest BCUT2D eigenvalue weighted by molar-refractivity contribution is 5.84. The monoisotopic (exact) mass is 284 g/mol. The number of halogens is 2. The van der Waals surface area contributed by atoms with Gasteiger partial charge in [0.15, 0.2) is 0 Å². The molecule has 6 heteroatoms. The van der Waals surface area contributed by atoms with Crippen LogP contribution in [0, 0.1) is 17.0 Å². The van der Waals surface area contributed by atoms with E-state index >= 15 is 0 Å². The van der Waals surface area contributed by atoms with E-state index in [0.29, 0.717) is 6.61 Å².